The number of carbonyl (C=O) groups excluding carboxylic acids is 1. The molecular weight excluding hydrogens is 353 g/mol. The number of carbonyl (C=O) groups is 2. The van der Waals surface area contributed by atoms with Gasteiger partial charge in [-0.15, -0.1) is 6.42 Å². The molecule has 0 saturated carbocycles. The molecule has 1 heterocycles. The minimum atomic E-state index is -4.69. The summed E-state index contributed by atoms with van der Waals surface area (Å²) in [5.74, 6) is -2.58. The van der Waals surface area contributed by atoms with Crippen molar-refractivity contribution in [3.05, 3.63) is 29.8 Å². The number of rotatable bonds is 5. The number of ether oxygens (including phenoxy) is 1. The summed E-state index contributed by atoms with van der Waals surface area (Å²) >= 11 is 0. The van der Waals surface area contributed by atoms with E-state index < -0.39 is 43.1 Å². The number of benzene rings is 1. The van der Waals surface area contributed by atoms with Crippen molar-refractivity contribution in [3.8, 4) is 18.1 Å². The van der Waals surface area contributed by atoms with E-state index in [0.29, 0.717) is 11.3 Å². The van der Waals surface area contributed by atoms with E-state index in [2.05, 4.69) is 11.2 Å². The van der Waals surface area contributed by atoms with Gasteiger partial charge in [-0.1, -0.05) is 24.1 Å². The Morgan fingerprint density at radius 3 is 2.62 bits per heavy atom. The summed E-state index contributed by atoms with van der Waals surface area (Å²) in [7, 11) is 0. The summed E-state index contributed by atoms with van der Waals surface area (Å²) in [6.07, 6.45) is 0.439. The Balaban J connectivity index is 2.01. The predicted molar refractivity (Wildman–Crippen MR) is 85.2 cm³/mol. The molecular formula is C17H17F3N2O4. The van der Waals surface area contributed by atoms with Gasteiger partial charge in [0.25, 0.3) is 0 Å². The van der Waals surface area contributed by atoms with Crippen molar-refractivity contribution in [3.63, 3.8) is 0 Å². The molecule has 1 saturated heterocycles. The molecule has 0 spiro atoms. The highest BCUT2D eigenvalue weighted by Crippen LogP contribution is 2.37. The number of likely N-dealkylation sites (tertiary alicyclic amines) is 1. The Labute approximate surface area is 147 Å². The second-order valence-electron chi connectivity index (χ2n) is 5.76. The molecule has 0 unspecified atom stereocenters. The molecule has 1 aromatic carbocycles. The van der Waals surface area contributed by atoms with Gasteiger partial charge >= 0.3 is 18.2 Å². The molecule has 0 aromatic heterocycles. The summed E-state index contributed by atoms with van der Waals surface area (Å²) in [6, 6.07) is 5.97. The van der Waals surface area contributed by atoms with Crippen molar-refractivity contribution in [2.75, 3.05) is 19.7 Å². The molecule has 26 heavy (non-hydrogen) atoms. The summed E-state index contributed by atoms with van der Waals surface area (Å²) in [5.41, 5.74) is 0.595. The minimum absolute atomic E-state index is 0.00446. The van der Waals surface area contributed by atoms with E-state index in [9.17, 15) is 22.8 Å². The zero-order valence-electron chi connectivity index (χ0n) is 13.6. The zero-order chi connectivity index (χ0) is 19.3. The first-order valence-corrected chi connectivity index (χ1v) is 7.70. The molecule has 2 N–H and O–H groups in total. The maximum Gasteiger partial charge on any atom is 0.394 e. The molecule has 2 rings (SSSR count). The molecule has 140 valence electrons. The number of amides is 2. The van der Waals surface area contributed by atoms with Crippen LogP contribution in [0.1, 0.15) is 5.56 Å². The van der Waals surface area contributed by atoms with Gasteiger partial charge in [-0.25, -0.2) is 4.79 Å². The summed E-state index contributed by atoms with van der Waals surface area (Å²) in [4.78, 5) is 24.1. The lowest BCUT2D eigenvalue weighted by Gasteiger charge is -2.19. The number of terminal acetylenes is 1. The third kappa shape index (κ3) is 4.59. The van der Waals surface area contributed by atoms with Crippen LogP contribution in [0.25, 0.3) is 0 Å². The normalized spacial score (nSPS) is 19.7. The Morgan fingerprint density at radius 2 is 2.04 bits per heavy atom. The highest BCUT2D eigenvalue weighted by Gasteiger charge is 2.53. The molecule has 0 bridgehead atoms. The number of halogens is 3. The van der Waals surface area contributed by atoms with Gasteiger partial charge in [-0.2, -0.15) is 13.2 Å². The molecule has 1 aliphatic heterocycles. The molecule has 9 heteroatoms. The van der Waals surface area contributed by atoms with Gasteiger partial charge in [-0.3, -0.25) is 4.79 Å². The highest BCUT2D eigenvalue weighted by atomic mass is 19.4. The fourth-order valence-electron chi connectivity index (χ4n) is 2.74. The van der Waals surface area contributed by atoms with Crippen LogP contribution in [0.3, 0.4) is 0 Å². The third-order valence-electron chi connectivity index (χ3n) is 4.06. The van der Waals surface area contributed by atoms with Crippen LogP contribution >= 0.6 is 0 Å². The number of hydrogen-bond acceptors (Lipinski definition) is 3. The number of aliphatic carboxylic acids is 1. The van der Waals surface area contributed by atoms with E-state index in [4.69, 9.17) is 16.3 Å². The largest absolute Gasteiger partial charge is 0.481 e. The number of carboxylic acids is 1. The first kappa shape index (κ1) is 19.4. The molecule has 2 atom stereocenters. The van der Waals surface area contributed by atoms with Crippen molar-refractivity contribution in [1.82, 2.24) is 10.2 Å². The highest BCUT2D eigenvalue weighted by molar-refractivity contribution is 5.77. The van der Waals surface area contributed by atoms with Gasteiger partial charge in [0.05, 0.1) is 11.8 Å². The summed E-state index contributed by atoms with van der Waals surface area (Å²) in [6.45, 7) is -1.16. The van der Waals surface area contributed by atoms with Crippen molar-refractivity contribution >= 4 is 12.0 Å². The van der Waals surface area contributed by atoms with E-state index in [1.165, 1.54) is 0 Å². The Kier molecular flexibility index (Phi) is 5.97. The van der Waals surface area contributed by atoms with Crippen LogP contribution in [0.2, 0.25) is 0 Å². The SMILES string of the molecule is C#CCOc1ccccc1CNC(=O)N1C[C@@H](C(F)(F)F)[C@H](C(=O)O)C1. The zero-order valence-corrected chi connectivity index (χ0v) is 13.6. The maximum absolute atomic E-state index is 13.0. The number of urea groups is 1. The van der Waals surface area contributed by atoms with Crippen LogP contribution < -0.4 is 10.1 Å². The molecule has 0 radical (unpaired) electrons. The topological polar surface area (TPSA) is 78.9 Å². The monoisotopic (exact) mass is 370 g/mol. The second kappa shape index (κ2) is 7.99. The molecule has 6 nitrogen and oxygen atoms in total. The first-order chi connectivity index (χ1) is 12.2. The number of carboxylic acid groups (broad SMARTS) is 1. The summed E-state index contributed by atoms with van der Waals surface area (Å²) in [5, 5.41) is 11.5. The lowest BCUT2D eigenvalue weighted by molar-refractivity contribution is -0.187. The van der Waals surface area contributed by atoms with E-state index in [1.54, 1.807) is 24.3 Å². The third-order valence-corrected chi connectivity index (χ3v) is 4.06. The van der Waals surface area contributed by atoms with Crippen molar-refractivity contribution in [2.24, 2.45) is 11.8 Å². The van der Waals surface area contributed by atoms with Crippen molar-refractivity contribution in [1.29, 1.82) is 0 Å². The second-order valence-corrected chi connectivity index (χ2v) is 5.76. The van der Waals surface area contributed by atoms with Crippen LogP contribution in [0, 0.1) is 24.2 Å². The fourth-order valence-corrected chi connectivity index (χ4v) is 2.74. The van der Waals surface area contributed by atoms with Crippen molar-refractivity contribution in [2.45, 2.75) is 12.7 Å². The number of hydrogen-bond donors (Lipinski definition) is 2. The molecule has 1 aromatic rings. The smallest absolute Gasteiger partial charge is 0.394 e. The van der Waals surface area contributed by atoms with Crippen LogP contribution in [0.4, 0.5) is 18.0 Å². The van der Waals surface area contributed by atoms with E-state index in [0.717, 1.165) is 4.90 Å². The molecule has 1 fully saturated rings. The predicted octanol–water partition coefficient (Wildman–Crippen LogP) is 2.10. The lowest BCUT2D eigenvalue weighted by Crippen LogP contribution is -2.39. The van der Waals surface area contributed by atoms with Crippen LogP contribution in [-0.2, 0) is 11.3 Å². The van der Waals surface area contributed by atoms with E-state index >= 15 is 0 Å². The van der Waals surface area contributed by atoms with Gasteiger partial charge in [0, 0.05) is 25.2 Å². The Morgan fingerprint density at radius 1 is 1.35 bits per heavy atom. The molecule has 1 aliphatic rings. The summed E-state index contributed by atoms with van der Waals surface area (Å²) < 4.78 is 44.3. The Hall–Kier alpha value is -2.89. The van der Waals surface area contributed by atoms with Crippen LogP contribution in [0.15, 0.2) is 24.3 Å². The quantitative estimate of drug-likeness (QED) is 0.778. The average Bonchev–Trinajstić information content (AvgIpc) is 3.04. The van der Waals surface area contributed by atoms with Crippen LogP contribution in [0.5, 0.6) is 5.75 Å². The van der Waals surface area contributed by atoms with Gasteiger partial charge in [0.2, 0.25) is 0 Å². The fraction of sp³-hybridized carbons (Fsp3) is 0.412. The van der Waals surface area contributed by atoms with Gasteiger partial charge in [0.1, 0.15) is 12.4 Å². The molecule has 2 amide bonds. The minimum Gasteiger partial charge on any atom is -0.481 e. The van der Waals surface area contributed by atoms with Gasteiger partial charge in [0.15, 0.2) is 0 Å². The molecule has 0 aliphatic carbocycles. The van der Waals surface area contributed by atoms with E-state index in [1.807, 2.05) is 0 Å². The lowest BCUT2D eigenvalue weighted by atomic mass is 9.96. The first-order valence-electron chi connectivity index (χ1n) is 7.70. The standard InChI is InChI=1S/C17H17F3N2O4/c1-2-7-26-14-6-4-3-5-11(14)8-21-16(25)22-9-12(15(23)24)13(10-22)17(18,19)20/h1,3-6,12-13H,7-10H2,(H,21,25)(H,23,24)/t12-,13-/m1/s1. The average molecular weight is 370 g/mol. The number of para-hydroxylation sites is 1. The van der Waals surface area contributed by atoms with Gasteiger partial charge < -0.3 is 20.1 Å². The number of nitrogens with zero attached hydrogens (tertiary/aromatic N) is 1. The number of nitrogens with one attached hydrogen (secondary N) is 1. The maximum atomic E-state index is 13.0. The van der Waals surface area contributed by atoms with Gasteiger partial charge in [-0.05, 0) is 6.07 Å². The number of alkyl halides is 3. The van der Waals surface area contributed by atoms with E-state index in [-0.39, 0.29) is 13.2 Å². The van der Waals surface area contributed by atoms with Crippen molar-refractivity contribution < 1.29 is 32.6 Å². The Bertz CT molecular complexity index is 715. The van der Waals surface area contributed by atoms with Crippen LogP contribution in [-0.4, -0.2) is 47.9 Å².